The molecular formula is C15H12N8O3. The summed E-state index contributed by atoms with van der Waals surface area (Å²) in [6.07, 6.45) is 1.80. The van der Waals surface area contributed by atoms with Crippen LogP contribution in [0.3, 0.4) is 0 Å². The van der Waals surface area contributed by atoms with E-state index in [1.54, 1.807) is 30.3 Å². The molecule has 3 heterocycles. The number of hydrogen-bond donors (Lipinski definition) is 2. The molecule has 0 aliphatic heterocycles. The van der Waals surface area contributed by atoms with Gasteiger partial charge in [-0.1, -0.05) is 5.10 Å². The van der Waals surface area contributed by atoms with E-state index < -0.39 is 6.09 Å². The summed E-state index contributed by atoms with van der Waals surface area (Å²) in [5.41, 5.74) is 6.82. The average molecular weight is 352 g/mol. The van der Waals surface area contributed by atoms with Crippen molar-refractivity contribution in [2.75, 3.05) is 5.73 Å². The van der Waals surface area contributed by atoms with Crippen molar-refractivity contribution < 1.29 is 14.6 Å². The highest BCUT2D eigenvalue weighted by Crippen LogP contribution is 2.25. The van der Waals surface area contributed by atoms with Crippen LogP contribution in [0.4, 0.5) is 10.7 Å². The molecule has 0 atom stereocenters. The molecule has 3 aromatic heterocycles. The summed E-state index contributed by atoms with van der Waals surface area (Å²) in [5.74, 6) is 1.03. The number of benzene rings is 1. The number of nitrogens with two attached hydrogens (primary N) is 1. The van der Waals surface area contributed by atoms with Crippen LogP contribution < -0.4 is 10.5 Å². The Morgan fingerprint density at radius 3 is 2.88 bits per heavy atom. The van der Waals surface area contributed by atoms with E-state index in [0.717, 1.165) is 9.95 Å². The van der Waals surface area contributed by atoms with Gasteiger partial charge in [-0.2, -0.15) is 0 Å². The van der Waals surface area contributed by atoms with Crippen LogP contribution in [0.5, 0.6) is 11.6 Å². The molecular weight excluding hydrogens is 340 g/mol. The molecule has 0 saturated heterocycles. The first-order valence-corrected chi connectivity index (χ1v) is 7.45. The van der Waals surface area contributed by atoms with Crippen LogP contribution in [0.1, 0.15) is 5.69 Å². The van der Waals surface area contributed by atoms with Gasteiger partial charge in [-0.15, -0.1) is 0 Å². The van der Waals surface area contributed by atoms with Crippen molar-refractivity contribution in [2.45, 2.75) is 6.54 Å². The van der Waals surface area contributed by atoms with E-state index >= 15 is 0 Å². The first-order valence-electron chi connectivity index (χ1n) is 7.45. The van der Waals surface area contributed by atoms with Crippen molar-refractivity contribution >= 4 is 22.9 Å². The predicted molar refractivity (Wildman–Crippen MR) is 88.8 cm³/mol. The number of rotatable bonds is 4. The lowest BCUT2D eigenvalue weighted by Crippen LogP contribution is -2.08. The number of nitrogen functional groups attached to an aromatic ring is 1. The van der Waals surface area contributed by atoms with Gasteiger partial charge >= 0.3 is 6.09 Å². The van der Waals surface area contributed by atoms with E-state index in [1.807, 2.05) is 0 Å². The zero-order chi connectivity index (χ0) is 18.1. The minimum Gasteiger partial charge on any atom is -0.464 e. The van der Waals surface area contributed by atoms with Crippen LogP contribution in [0, 0.1) is 0 Å². The summed E-state index contributed by atoms with van der Waals surface area (Å²) in [6, 6.07) is 8.41. The number of tetrazole rings is 1. The lowest BCUT2D eigenvalue weighted by Gasteiger charge is -2.07. The molecule has 26 heavy (non-hydrogen) atoms. The van der Waals surface area contributed by atoms with E-state index in [2.05, 4.69) is 25.5 Å². The second kappa shape index (κ2) is 6.12. The third-order valence-corrected chi connectivity index (χ3v) is 3.66. The number of carboxylic acid groups (broad SMARTS) is 1. The van der Waals surface area contributed by atoms with Crippen LogP contribution >= 0.6 is 0 Å². The highest BCUT2D eigenvalue weighted by molar-refractivity contribution is 5.89. The van der Waals surface area contributed by atoms with Gasteiger partial charge in [0, 0.05) is 17.6 Å². The molecule has 3 N–H and O–H groups in total. The summed E-state index contributed by atoms with van der Waals surface area (Å²) in [7, 11) is 0. The molecule has 0 amide bonds. The van der Waals surface area contributed by atoms with Crippen LogP contribution in [-0.2, 0) is 6.54 Å². The molecule has 0 radical (unpaired) electrons. The molecule has 0 aliphatic rings. The summed E-state index contributed by atoms with van der Waals surface area (Å²) >= 11 is 0. The zero-order valence-corrected chi connectivity index (χ0v) is 13.2. The van der Waals surface area contributed by atoms with Crippen molar-refractivity contribution in [1.29, 1.82) is 0 Å². The highest BCUT2D eigenvalue weighted by atomic mass is 16.5. The van der Waals surface area contributed by atoms with Gasteiger partial charge in [0.05, 0.1) is 17.8 Å². The van der Waals surface area contributed by atoms with Gasteiger partial charge in [0.2, 0.25) is 11.8 Å². The topological polar surface area (TPSA) is 147 Å². The van der Waals surface area contributed by atoms with E-state index in [1.165, 1.54) is 17.2 Å². The first kappa shape index (κ1) is 15.5. The smallest absolute Gasteiger partial charge is 0.415 e. The highest BCUT2D eigenvalue weighted by Gasteiger charge is 2.09. The molecule has 0 saturated carbocycles. The standard InChI is InChI=1S/C15H12N8O3/c16-14-19-20-21-23(14)7-10-6-13(18-8-17-10)26-11-1-2-12-9(5-11)3-4-22(12)15(24)25/h1-6,8H,7H2,(H,24,25)(H2,16,19,21). The maximum atomic E-state index is 11.1. The molecule has 0 unspecified atom stereocenters. The molecule has 0 aliphatic carbocycles. The molecule has 0 bridgehead atoms. The molecule has 4 rings (SSSR count). The number of anilines is 1. The maximum Gasteiger partial charge on any atom is 0.415 e. The third kappa shape index (κ3) is 2.88. The lowest BCUT2D eigenvalue weighted by atomic mass is 10.2. The monoisotopic (exact) mass is 352 g/mol. The Kier molecular flexibility index (Phi) is 3.65. The summed E-state index contributed by atoms with van der Waals surface area (Å²) in [5, 5.41) is 20.7. The number of ether oxygens (including phenoxy) is 1. The van der Waals surface area contributed by atoms with Gasteiger partial charge in [0.25, 0.3) is 0 Å². The fourth-order valence-corrected chi connectivity index (χ4v) is 2.47. The zero-order valence-electron chi connectivity index (χ0n) is 13.2. The van der Waals surface area contributed by atoms with E-state index in [4.69, 9.17) is 15.6 Å². The second-order valence-corrected chi connectivity index (χ2v) is 5.33. The Balaban J connectivity index is 1.57. The Morgan fingerprint density at radius 2 is 2.12 bits per heavy atom. The molecule has 0 fully saturated rings. The van der Waals surface area contributed by atoms with Gasteiger partial charge < -0.3 is 15.6 Å². The fourth-order valence-electron chi connectivity index (χ4n) is 2.47. The van der Waals surface area contributed by atoms with Crippen molar-refractivity contribution in [2.24, 2.45) is 0 Å². The van der Waals surface area contributed by atoms with Crippen LogP contribution in [0.25, 0.3) is 10.9 Å². The van der Waals surface area contributed by atoms with Gasteiger partial charge in [-0.25, -0.2) is 19.4 Å². The quantitative estimate of drug-likeness (QED) is 0.555. The van der Waals surface area contributed by atoms with E-state index in [-0.39, 0.29) is 12.5 Å². The molecule has 4 aromatic rings. The van der Waals surface area contributed by atoms with Gasteiger partial charge in [0.15, 0.2) is 0 Å². The second-order valence-electron chi connectivity index (χ2n) is 5.33. The molecule has 0 spiro atoms. The van der Waals surface area contributed by atoms with E-state index in [9.17, 15) is 4.79 Å². The Labute approximate surface area is 145 Å². The van der Waals surface area contributed by atoms with Crippen LogP contribution in [0.15, 0.2) is 42.9 Å². The molecule has 11 nitrogen and oxygen atoms in total. The number of hydrogen-bond acceptors (Lipinski definition) is 8. The number of fused-ring (bicyclic) bond motifs is 1. The predicted octanol–water partition coefficient (Wildman–Crippen LogP) is 1.37. The van der Waals surface area contributed by atoms with Crippen molar-refractivity contribution in [1.82, 2.24) is 34.7 Å². The average Bonchev–Trinajstić information content (AvgIpc) is 3.21. The van der Waals surface area contributed by atoms with Gasteiger partial charge in [-0.3, -0.25) is 4.57 Å². The number of carbonyl (C=O) groups is 1. The summed E-state index contributed by atoms with van der Waals surface area (Å²) in [4.78, 5) is 19.3. The summed E-state index contributed by atoms with van der Waals surface area (Å²) in [6.45, 7) is 0.276. The van der Waals surface area contributed by atoms with Crippen molar-refractivity contribution in [3.63, 3.8) is 0 Å². The minimum absolute atomic E-state index is 0.180. The Hall–Kier alpha value is -4.02. The lowest BCUT2D eigenvalue weighted by molar-refractivity contribution is 0.197. The largest absolute Gasteiger partial charge is 0.464 e. The van der Waals surface area contributed by atoms with Gasteiger partial charge in [-0.05, 0) is 34.7 Å². The normalized spacial score (nSPS) is 10.9. The Morgan fingerprint density at radius 1 is 1.23 bits per heavy atom. The first-order chi connectivity index (χ1) is 12.6. The SMILES string of the molecule is Nc1nnnn1Cc1cc(Oc2ccc3c(ccn3C(=O)O)c2)ncn1. The fraction of sp³-hybridized carbons (Fsp3) is 0.0667. The van der Waals surface area contributed by atoms with Crippen LogP contribution in [-0.4, -0.2) is 45.9 Å². The third-order valence-electron chi connectivity index (χ3n) is 3.66. The number of aromatic nitrogens is 7. The van der Waals surface area contributed by atoms with Crippen LogP contribution in [0.2, 0.25) is 0 Å². The molecule has 1 aromatic carbocycles. The number of nitrogens with zero attached hydrogens (tertiary/aromatic N) is 7. The maximum absolute atomic E-state index is 11.1. The Bertz CT molecular complexity index is 1100. The van der Waals surface area contributed by atoms with Gasteiger partial charge in [0.1, 0.15) is 12.1 Å². The minimum atomic E-state index is -1.05. The molecule has 11 heteroatoms. The summed E-state index contributed by atoms with van der Waals surface area (Å²) < 4.78 is 8.28. The van der Waals surface area contributed by atoms with Crippen molar-refractivity contribution in [3.05, 3.63) is 48.5 Å². The van der Waals surface area contributed by atoms with E-state index in [0.29, 0.717) is 22.8 Å². The molecule has 130 valence electrons. The van der Waals surface area contributed by atoms with Crippen molar-refractivity contribution in [3.8, 4) is 11.6 Å².